The van der Waals surface area contributed by atoms with Gasteiger partial charge in [0.1, 0.15) is 10.5 Å². The second-order valence-electron chi connectivity index (χ2n) is 4.68. The molecular weight excluding hydrogens is 268 g/mol. The third-order valence-corrected chi connectivity index (χ3v) is 4.11. The van der Waals surface area contributed by atoms with Gasteiger partial charge in [-0.05, 0) is 31.9 Å². The zero-order valence-corrected chi connectivity index (χ0v) is 11.4. The summed E-state index contributed by atoms with van der Waals surface area (Å²) in [6, 6.07) is 6.02. The first kappa shape index (κ1) is 14.0. The zero-order chi connectivity index (χ0) is 14.1. The largest absolute Gasteiger partial charge is 0.365 e. The van der Waals surface area contributed by atoms with Gasteiger partial charge in [0.2, 0.25) is 10.0 Å². The van der Waals surface area contributed by atoms with E-state index in [4.69, 9.17) is 9.88 Å². The predicted octanol–water partition coefficient (Wildman–Crippen LogP) is 0.842. The number of anilines is 1. The summed E-state index contributed by atoms with van der Waals surface area (Å²) in [6.07, 6.45) is 1.41. The van der Waals surface area contributed by atoms with E-state index in [1.165, 1.54) is 12.1 Å². The summed E-state index contributed by atoms with van der Waals surface area (Å²) in [4.78, 5) is 12.0. The molecule has 0 spiro atoms. The first-order chi connectivity index (χ1) is 8.83. The first-order valence-electron chi connectivity index (χ1n) is 5.90. The van der Waals surface area contributed by atoms with E-state index in [0.717, 1.165) is 6.42 Å². The third kappa shape index (κ3) is 2.94. The van der Waals surface area contributed by atoms with Gasteiger partial charge < -0.3 is 10.1 Å². The number of hydrogen-bond donors (Lipinski definition) is 2. The first-order valence-corrected chi connectivity index (χ1v) is 7.45. The molecular formula is C12H16N2O4S. The molecule has 0 radical (unpaired) electrons. The normalized spacial score (nSPS) is 23.3. The molecule has 1 saturated heterocycles. The van der Waals surface area contributed by atoms with Crippen LogP contribution in [0.25, 0.3) is 0 Å². The fourth-order valence-electron chi connectivity index (χ4n) is 2.03. The molecule has 0 aromatic heterocycles. The highest BCUT2D eigenvalue weighted by Crippen LogP contribution is 2.28. The lowest BCUT2D eigenvalue weighted by Crippen LogP contribution is -2.39. The van der Waals surface area contributed by atoms with Gasteiger partial charge in [0.15, 0.2) is 0 Å². The van der Waals surface area contributed by atoms with Crippen molar-refractivity contribution in [2.45, 2.75) is 30.3 Å². The molecule has 0 saturated carbocycles. The number of carbonyl (C=O) groups is 1. The van der Waals surface area contributed by atoms with Crippen LogP contribution >= 0.6 is 0 Å². The summed E-state index contributed by atoms with van der Waals surface area (Å²) >= 11 is 0. The summed E-state index contributed by atoms with van der Waals surface area (Å²) in [7, 11) is -3.88. The van der Waals surface area contributed by atoms with E-state index in [9.17, 15) is 13.2 Å². The number of benzene rings is 1. The highest BCUT2D eigenvalue weighted by atomic mass is 32.2. The van der Waals surface area contributed by atoms with E-state index in [-0.39, 0.29) is 16.5 Å². The average Bonchev–Trinajstić information content (AvgIpc) is 2.77. The maximum absolute atomic E-state index is 12.1. The fraction of sp³-hybridized carbons (Fsp3) is 0.417. The number of carbonyl (C=O) groups excluding carboxylic acids is 1. The molecule has 1 heterocycles. The van der Waals surface area contributed by atoms with Crippen molar-refractivity contribution in [3.63, 3.8) is 0 Å². The summed E-state index contributed by atoms with van der Waals surface area (Å²) < 4.78 is 28.3. The van der Waals surface area contributed by atoms with Gasteiger partial charge in [-0.1, -0.05) is 12.1 Å². The smallest absolute Gasteiger partial charge is 0.256 e. The third-order valence-electron chi connectivity index (χ3n) is 3.14. The number of rotatable bonds is 3. The number of nitrogens with two attached hydrogens (primary N) is 1. The van der Waals surface area contributed by atoms with Gasteiger partial charge in [-0.15, -0.1) is 0 Å². The van der Waals surface area contributed by atoms with Crippen molar-refractivity contribution in [2.75, 3.05) is 11.9 Å². The molecule has 104 valence electrons. The average molecular weight is 284 g/mol. The Hall–Kier alpha value is -1.44. The number of primary sulfonamides is 1. The van der Waals surface area contributed by atoms with Crippen molar-refractivity contribution in [1.29, 1.82) is 0 Å². The van der Waals surface area contributed by atoms with Crippen molar-refractivity contribution in [2.24, 2.45) is 5.14 Å². The van der Waals surface area contributed by atoms with Crippen molar-refractivity contribution >= 4 is 21.6 Å². The summed E-state index contributed by atoms with van der Waals surface area (Å²) in [6.45, 7) is 2.22. The number of hydrogen-bond acceptors (Lipinski definition) is 4. The molecule has 1 aromatic carbocycles. The number of ether oxygens (including phenoxy) is 1. The second-order valence-corrected chi connectivity index (χ2v) is 6.21. The minimum absolute atomic E-state index is 0.107. The van der Waals surface area contributed by atoms with Crippen LogP contribution in [0.4, 0.5) is 5.69 Å². The molecule has 7 heteroatoms. The molecule has 1 atom stereocenters. The Kier molecular flexibility index (Phi) is 3.62. The maximum Gasteiger partial charge on any atom is 0.256 e. The Labute approximate surface area is 112 Å². The highest BCUT2D eigenvalue weighted by Gasteiger charge is 2.38. The van der Waals surface area contributed by atoms with Gasteiger partial charge in [0, 0.05) is 6.61 Å². The van der Waals surface area contributed by atoms with Gasteiger partial charge in [-0.2, -0.15) is 0 Å². The SMILES string of the molecule is CC1(C(=O)Nc2ccccc2S(N)(=O)=O)CCCO1. The quantitative estimate of drug-likeness (QED) is 0.859. The van der Waals surface area contributed by atoms with Crippen LogP contribution in [0.1, 0.15) is 19.8 Å². The van der Waals surface area contributed by atoms with Crippen molar-refractivity contribution in [3.05, 3.63) is 24.3 Å². The molecule has 1 fully saturated rings. The fourth-order valence-corrected chi connectivity index (χ4v) is 2.72. The molecule has 3 N–H and O–H groups in total. The van der Waals surface area contributed by atoms with E-state index in [1.54, 1.807) is 19.1 Å². The van der Waals surface area contributed by atoms with E-state index < -0.39 is 15.6 Å². The predicted molar refractivity (Wildman–Crippen MR) is 70.0 cm³/mol. The Morgan fingerprint density at radius 2 is 2.11 bits per heavy atom. The van der Waals surface area contributed by atoms with Gasteiger partial charge in [-0.3, -0.25) is 4.79 Å². The van der Waals surface area contributed by atoms with Crippen molar-refractivity contribution < 1.29 is 17.9 Å². The van der Waals surface area contributed by atoms with Crippen LogP contribution in [0, 0.1) is 0 Å². The summed E-state index contributed by atoms with van der Waals surface area (Å²) in [5.74, 6) is -0.360. The zero-order valence-electron chi connectivity index (χ0n) is 10.5. The lowest BCUT2D eigenvalue weighted by molar-refractivity contribution is -0.133. The van der Waals surface area contributed by atoms with Gasteiger partial charge >= 0.3 is 0 Å². The van der Waals surface area contributed by atoms with Gasteiger partial charge in [0.25, 0.3) is 5.91 Å². The molecule has 1 unspecified atom stereocenters. The van der Waals surface area contributed by atoms with Gasteiger partial charge in [-0.25, -0.2) is 13.6 Å². The van der Waals surface area contributed by atoms with E-state index >= 15 is 0 Å². The Balaban J connectivity index is 2.27. The number of amides is 1. The Morgan fingerprint density at radius 3 is 2.68 bits per heavy atom. The van der Waals surface area contributed by atoms with E-state index in [0.29, 0.717) is 13.0 Å². The number of sulfonamides is 1. The van der Waals surface area contributed by atoms with Gasteiger partial charge in [0.05, 0.1) is 5.69 Å². The molecule has 2 rings (SSSR count). The van der Waals surface area contributed by atoms with Crippen molar-refractivity contribution in [1.82, 2.24) is 0 Å². The monoisotopic (exact) mass is 284 g/mol. The minimum atomic E-state index is -3.88. The van der Waals surface area contributed by atoms with Crippen molar-refractivity contribution in [3.8, 4) is 0 Å². The molecule has 1 aromatic rings. The standard InChI is InChI=1S/C12H16N2O4S/c1-12(7-4-8-18-12)11(15)14-9-5-2-3-6-10(9)19(13,16)17/h2-3,5-6H,4,7-8H2,1H3,(H,14,15)(H2,13,16,17). The summed E-state index contributed by atoms with van der Waals surface area (Å²) in [5.41, 5.74) is -0.738. The number of nitrogens with one attached hydrogen (secondary N) is 1. The van der Waals surface area contributed by atoms with Crippen LogP contribution in [-0.2, 0) is 19.6 Å². The Bertz CT molecular complexity index is 592. The maximum atomic E-state index is 12.1. The lowest BCUT2D eigenvalue weighted by Gasteiger charge is -2.22. The van der Waals surface area contributed by atoms with Crippen LogP contribution in [0.5, 0.6) is 0 Å². The van der Waals surface area contributed by atoms with E-state index in [2.05, 4.69) is 5.32 Å². The molecule has 6 nitrogen and oxygen atoms in total. The van der Waals surface area contributed by atoms with Crippen LogP contribution < -0.4 is 10.5 Å². The van der Waals surface area contributed by atoms with E-state index in [1.807, 2.05) is 0 Å². The number of para-hydroxylation sites is 1. The molecule has 1 amide bonds. The van der Waals surface area contributed by atoms with Crippen LogP contribution in [0.2, 0.25) is 0 Å². The second kappa shape index (κ2) is 4.92. The molecule has 0 bridgehead atoms. The minimum Gasteiger partial charge on any atom is -0.365 e. The topological polar surface area (TPSA) is 98.5 Å². The molecule has 1 aliphatic heterocycles. The molecule has 1 aliphatic rings. The lowest BCUT2D eigenvalue weighted by atomic mass is 10.0. The highest BCUT2D eigenvalue weighted by molar-refractivity contribution is 7.89. The summed E-state index contributed by atoms with van der Waals surface area (Å²) in [5, 5.41) is 7.69. The van der Waals surface area contributed by atoms with Crippen LogP contribution in [0.15, 0.2) is 29.2 Å². The molecule has 0 aliphatic carbocycles. The Morgan fingerprint density at radius 1 is 1.42 bits per heavy atom. The van der Waals surface area contributed by atoms with Crippen LogP contribution in [-0.4, -0.2) is 26.5 Å². The molecule has 19 heavy (non-hydrogen) atoms. The van der Waals surface area contributed by atoms with Crippen LogP contribution in [0.3, 0.4) is 0 Å².